The van der Waals surface area contributed by atoms with Gasteiger partial charge in [-0.1, -0.05) is 72.8 Å². The monoisotopic (exact) mass is 714 g/mol. The van der Waals surface area contributed by atoms with Crippen molar-refractivity contribution in [1.29, 1.82) is 0 Å². The molecule has 7 atom stereocenters. The summed E-state index contributed by atoms with van der Waals surface area (Å²) >= 11 is 0. The third-order valence-corrected chi connectivity index (χ3v) is 10.9. The number of nitrogens with zero attached hydrogens (tertiary/aromatic N) is 3. The van der Waals surface area contributed by atoms with Crippen molar-refractivity contribution in [2.24, 2.45) is 11.8 Å². The maximum atomic E-state index is 14.9. The first-order valence-electron chi connectivity index (χ1n) is 18.3. The Morgan fingerprint density at radius 2 is 1.73 bits per heavy atom. The Balaban J connectivity index is 1.32. The number of morpholine rings is 1. The van der Waals surface area contributed by atoms with Crippen LogP contribution in [0.3, 0.4) is 0 Å². The summed E-state index contributed by atoms with van der Waals surface area (Å²) in [4.78, 5) is 62.1. The van der Waals surface area contributed by atoms with Gasteiger partial charge < -0.3 is 34.4 Å². The fourth-order valence-corrected chi connectivity index (χ4v) is 8.39. The van der Waals surface area contributed by atoms with Gasteiger partial charge in [0, 0.05) is 39.1 Å². The van der Waals surface area contributed by atoms with E-state index >= 15 is 0 Å². The molecule has 0 saturated carbocycles. The van der Waals surface area contributed by atoms with Crippen molar-refractivity contribution in [1.82, 2.24) is 20.0 Å². The van der Waals surface area contributed by atoms with Crippen molar-refractivity contribution >= 4 is 23.7 Å². The van der Waals surface area contributed by atoms with Crippen LogP contribution in [-0.2, 0) is 33.4 Å². The second-order valence-electron chi connectivity index (χ2n) is 13.9. The molecule has 0 radical (unpaired) electrons. The van der Waals surface area contributed by atoms with E-state index < -0.39 is 66.1 Å². The molecular formula is C40H50N4O8. The number of hydrogen-bond acceptors (Lipinski definition) is 9. The molecule has 2 N–H and O–H groups in total. The molecule has 4 fully saturated rings. The van der Waals surface area contributed by atoms with Gasteiger partial charge in [0.15, 0.2) is 0 Å². The van der Waals surface area contributed by atoms with Gasteiger partial charge in [0.05, 0.1) is 49.8 Å². The normalized spacial score (nSPS) is 26.3. The van der Waals surface area contributed by atoms with Crippen molar-refractivity contribution in [2.45, 2.75) is 55.5 Å². The number of aliphatic hydroxyl groups excluding tert-OH is 1. The molecule has 52 heavy (non-hydrogen) atoms. The van der Waals surface area contributed by atoms with Gasteiger partial charge in [-0.2, -0.15) is 0 Å². The van der Waals surface area contributed by atoms with Crippen LogP contribution in [-0.4, -0.2) is 120 Å². The SMILES string of the molecule is C=CCCC(=O)OC[C@H](NC(=O)[C@@H]1[C@H]2C(=O)N([C@H](CO)c3ccccc3)[C@H](C(=O)N(CC=C)CCN3CCOCC3)[C@]23CC[C@H]1O3)c1ccccc1. The van der Waals surface area contributed by atoms with E-state index in [1.165, 1.54) is 4.90 Å². The molecular weight excluding hydrogens is 664 g/mol. The van der Waals surface area contributed by atoms with E-state index in [2.05, 4.69) is 23.4 Å². The zero-order valence-electron chi connectivity index (χ0n) is 29.6. The molecule has 3 amide bonds. The van der Waals surface area contributed by atoms with E-state index in [4.69, 9.17) is 14.2 Å². The van der Waals surface area contributed by atoms with Gasteiger partial charge in [-0.3, -0.25) is 24.1 Å². The molecule has 0 unspecified atom stereocenters. The summed E-state index contributed by atoms with van der Waals surface area (Å²) in [7, 11) is 0. The number of carbonyl (C=O) groups excluding carboxylic acids is 4. The van der Waals surface area contributed by atoms with Crippen LogP contribution < -0.4 is 5.32 Å². The number of esters is 1. The maximum absolute atomic E-state index is 14.9. The van der Waals surface area contributed by atoms with E-state index in [1.54, 1.807) is 17.1 Å². The number of allylic oxidation sites excluding steroid dienone is 1. The first kappa shape index (κ1) is 37.4. The van der Waals surface area contributed by atoms with E-state index in [0.717, 1.165) is 18.7 Å². The third-order valence-electron chi connectivity index (χ3n) is 10.9. The topological polar surface area (TPSA) is 138 Å². The second-order valence-corrected chi connectivity index (χ2v) is 13.9. The highest BCUT2D eigenvalue weighted by atomic mass is 16.5. The average Bonchev–Trinajstić information content (AvgIpc) is 3.83. The number of hydrogen-bond donors (Lipinski definition) is 2. The standard InChI is InChI=1S/C40H50N4O8/c1-3-5-16-33(46)51-27-30(28-12-8-6-9-13-28)41-37(47)34-32-17-18-40(52-32)35(34)38(48)44(31(26-45)29-14-10-7-11-15-29)36(40)39(49)43(19-4-2)21-20-42-22-24-50-25-23-42/h3-4,6-15,30-32,34-36,45H,1-2,5,16-27H2,(H,41,47)/t30-,31+,32+,34-,35-,36+,40-/m0/s1. The Kier molecular flexibility index (Phi) is 12.2. The molecule has 4 aliphatic rings. The third kappa shape index (κ3) is 7.57. The van der Waals surface area contributed by atoms with Gasteiger partial charge in [0.25, 0.3) is 0 Å². The van der Waals surface area contributed by atoms with Gasteiger partial charge >= 0.3 is 5.97 Å². The molecule has 4 heterocycles. The van der Waals surface area contributed by atoms with Crippen LogP contribution in [0.25, 0.3) is 0 Å². The van der Waals surface area contributed by atoms with Gasteiger partial charge in [0.2, 0.25) is 17.7 Å². The summed E-state index contributed by atoms with van der Waals surface area (Å²) in [5, 5.41) is 13.9. The van der Waals surface area contributed by atoms with E-state index in [9.17, 15) is 24.3 Å². The molecule has 12 heteroatoms. The first-order chi connectivity index (χ1) is 25.3. The van der Waals surface area contributed by atoms with Crippen LogP contribution in [0.1, 0.15) is 48.9 Å². The average molecular weight is 715 g/mol. The van der Waals surface area contributed by atoms with Gasteiger partial charge in [-0.05, 0) is 30.4 Å². The highest BCUT2D eigenvalue weighted by Crippen LogP contribution is 2.60. The van der Waals surface area contributed by atoms with Gasteiger partial charge in [0.1, 0.15) is 18.2 Å². The van der Waals surface area contributed by atoms with Crippen molar-refractivity contribution in [3.63, 3.8) is 0 Å². The van der Waals surface area contributed by atoms with Crippen molar-refractivity contribution in [3.8, 4) is 0 Å². The van der Waals surface area contributed by atoms with Gasteiger partial charge in [-0.15, -0.1) is 13.2 Å². The smallest absolute Gasteiger partial charge is 0.306 e. The first-order valence-corrected chi connectivity index (χ1v) is 18.3. The number of likely N-dealkylation sites (tertiary alicyclic amines) is 1. The second kappa shape index (κ2) is 17.0. The Morgan fingerprint density at radius 3 is 2.38 bits per heavy atom. The molecule has 2 aromatic carbocycles. The predicted molar refractivity (Wildman–Crippen MR) is 192 cm³/mol. The Bertz CT molecular complexity index is 1580. The Labute approximate surface area is 305 Å². The summed E-state index contributed by atoms with van der Waals surface area (Å²) < 4.78 is 17.8. The number of aliphatic hydroxyl groups is 1. The van der Waals surface area contributed by atoms with E-state index in [0.29, 0.717) is 51.1 Å². The fraction of sp³-hybridized carbons (Fsp3) is 0.500. The molecule has 1 spiro atoms. The van der Waals surface area contributed by atoms with Gasteiger partial charge in [-0.25, -0.2) is 0 Å². The summed E-state index contributed by atoms with van der Waals surface area (Å²) in [5.41, 5.74) is 0.137. The lowest BCUT2D eigenvalue weighted by atomic mass is 9.70. The molecule has 6 rings (SSSR count). The molecule has 4 saturated heterocycles. The number of ether oxygens (including phenoxy) is 3. The minimum Gasteiger partial charge on any atom is -0.463 e. The van der Waals surface area contributed by atoms with Crippen LogP contribution in [0.4, 0.5) is 0 Å². The lowest BCUT2D eigenvalue weighted by Crippen LogP contribution is -2.58. The summed E-state index contributed by atoms with van der Waals surface area (Å²) in [6.07, 6.45) is 4.25. The van der Waals surface area contributed by atoms with Crippen LogP contribution in [0.2, 0.25) is 0 Å². The highest BCUT2D eigenvalue weighted by Gasteiger charge is 2.75. The van der Waals surface area contributed by atoms with Crippen LogP contribution in [0.15, 0.2) is 86.0 Å². The summed E-state index contributed by atoms with van der Waals surface area (Å²) in [6.45, 7) is 11.1. The number of rotatable bonds is 17. The maximum Gasteiger partial charge on any atom is 0.306 e. The molecule has 0 aromatic heterocycles. The number of fused-ring (bicyclic) bond motifs is 1. The highest BCUT2D eigenvalue weighted by molar-refractivity contribution is 5.99. The zero-order chi connectivity index (χ0) is 36.7. The van der Waals surface area contributed by atoms with E-state index in [-0.39, 0.29) is 25.5 Å². The minimum absolute atomic E-state index is 0.0960. The van der Waals surface area contributed by atoms with Crippen LogP contribution >= 0.6 is 0 Å². The number of amides is 3. The Hall–Kier alpha value is -4.36. The molecule has 12 nitrogen and oxygen atoms in total. The largest absolute Gasteiger partial charge is 0.463 e. The predicted octanol–water partition coefficient (Wildman–Crippen LogP) is 2.81. The number of carbonyl (C=O) groups is 4. The van der Waals surface area contributed by atoms with Crippen LogP contribution in [0.5, 0.6) is 0 Å². The van der Waals surface area contributed by atoms with Crippen LogP contribution in [0, 0.1) is 11.8 Å². The summed E-state index contributed by atoms with van der Waals surface area (Å²) in [6, 6.07) is 15.8. The summed E-state index contributed by atoms with van der Waals surface area (Å²) in [5.74, 6) is -3.38. The van der Waals surface area contributed by atoms with Crippen molar-refractivity contribution in [3.05, 3.63) is 97.1 Å². The number of benzene rings is 2. The van der Waals surface area contributed by atoms with Crippen molar-refractivity contribution < 1.29 is 38.5 Å². The lowest BCUT2D eigenvalue weighted by molar-refractivity contribution is -0.151. The minimum atomic E-state index is -1.28. The zero-order valence-corrected chi connectivity index (χ0v) is 29.6. The number of nitrogens with one attached hydrogen (secondary N) is 1. The van der Waals surface area contributed by atoms with E-state index in [1.807, 2.05) is 60.7 Å². The fourth-order valence-electron chi connectivity index (χ4n) is 8.39. The molecule has 0 aliphatic carbocycles. The molecule has 278 valence electrons. The Morgan fingerprint density at radius 1 is 1.04 bits per heavy atom. The lowest BCUT2D eigenvalue weighted by Gasteiger charge is -2.40. The quantitative estimate of drug-likeness (QED) is 0.187. The molecule has 2 aromatic rings. The molecule has 4 aliphatic heterocycles. The molecule has 2 bridgehead atoms. The van der Waals surface area contributed by atoms with Crippen molar-refractivity contribution in [2.75, 3.05) is 59.2 Å².